The van der Waals surface area contributed by atoms with Gasteiger partial charge in [0.25, 0.3) is 0 Å². The molecule has 2 aromatic rings. The molecule has 1 aromatic heterocycles. The highest BCUT2D eigenvalue weighted by atomic mass is 32.1. The minimum atomic E-state index is 0.817. The van der Waals surface area contributed by atoms with Crippen molar-refractivity contribution in [1.82, 2.24) is 0 Å². The Labute approximate surface area is 130 Å². The molecule has 3 rings (SSSR count). The van der Waals surface area contributed by atoms with E-state index >= 15 is 0 Å². The van der Waals surface area contributed by atoms with Gasteiger partial charge in [0.1, 0.15) is 0 Å². The quantitative estimate of drug-likeness (QED) is 0.929. The van der Waals surface area contributed by atoms with Crippen molar-refractivity contribution in [2.75, 3.05) is 36.5 Å². The number of benzene rings is 1. The Hall–Kier alpha value is -1.52. The number of hydrogen-bond acceptors (Lipinski definition) is 4. The lowest BCUT2D eigenvalue weighted by Gasteiger charge is -2.30. The summed E-state index contributed by atoms with van der Waals surface area (Å²) in [5, 5.41) is 3.61. The van der Waals surface area contributed by atoms with Crippen LogP contribution in [-0.4, -0.2) is 26.3 Å². The second-order valence-electron chi connectivity index (χ2n) is 5.41. The van der Waals surface area contributed by atoms with Gasteiger partial charge < -0.3 is 15.0 Å². The lowest BCUT2D eigenvalue weighted by molar-refractivity contribution is 0.123. The molecule has 0 radical (unpaired) electrons. The van der Waals surface area contributed by atoms with Crippen LogP contribution in [-0.2, 0) is 11.3 Å². The molecule has 1 aliphatic rings. The van der Waals surface area contributed by atoms with Gasteiger partial charge in [0.2, 0.25) is 0 Å². The number of ether oxygens (including phenoxy) is 1. The molecule has 0 spiro atoms. The van der Waals surface area contributed by atoms with Crippen molar-refractivity contribution in [2.24, 2.45) is 0 Å². The smallest absolute Gasteiger partial charge is 0.0642 e. The van der Waals surface area contributed by atoms with Gasteiger partial charge in [-0.3, -0.25) is 0 Å². The van der Waals surface area contributed by atoms with E-state index in [1.807, 2.05) is 11.3 Å². The zero-order valence-corrected chi connectivity index (χ0v) is 13.5. The van der Waals surface area contributed by atoms with Gasteiger partial charge in [0.15, 0.2) is 0 Å². The maximum absolute atomic E-state index is 5.45. The number of thiophene rings is 1. The maximum Gasteiger partial charge on any atom is 0.0642 e. The van der Waals surface area contributed by atoms with Crippen LogP contribution < -0.4 is 10.2 Å². The van der Waals surface area contributed by atoms with Crippen LogP contribution in [0.3, 0.4) is 0 Å². The summed E-state index contributed by atoms with van der Waals surface area (Å²) < 4.78 is 5.45. The third kappa shape index (κ3) is 3.39. The van der Waals surface area contributed by atoms with Crippen LogP contribution in [0, 0.1) is 13.8 Å². The van der Waals surface area contributed by atoms with Crippen LogP contribution in [0.25, 0.3) is 0 Å². The van der Waals surface area contributed by atoms with Crippen LogP contribution in [0.2, 0.25) is 0 Å². The Morgan fingerprint density at radius 3 is 2.67 bits per heavy atom. The molecular weight excluding hydrogens is 280 g/mol. The first-order chi connectivity index (χ1) is 10.2. The molecule has 0 bridgehead atoms. The first-order valence-corrected chi connectivity index (χ1v) is 8.27. The molecule has 0 saturated carbocycles. The van der Waals surface area contributed by atoms with Crippen LogP contribution in [0.15, 0.2) is 30.3 Å². The Morgan fingerprint density at radius 2 is 1.95 bits per heavy atom. The number of nitrogens with one attached hydrogen (secondary N) is 1. The Morgan fingerprint density at radius 1 is 1.19 bits per heavy atom. The molecule has 1 fully saturated rings. The Bertz CT molecular complexity index is 603. The van der Waals surface area contributed by atoms with Crippen molar-refractivity contribution in [1.29, 1.82) is 0 Å². The highest BCUT2D eigenvalue weighted by molar-refractivity contribution is 7.12. The summed E-state index contributed by atoms with van der Waals surface area (Å²) >= 11 is 1.87. The van der Waals surface area contributed by atoms with E-state index in [-0.39, 0.29) is 0 Å². The standard InChI is InChI=1S/C17H22N2OS/c1-13-11-15(14(2)21-13)12-18-16-5-3-4-6-17(16)19-7-9-20-10-8-19/h3-6,11,18H,7-10,12H2,1-2H3. The molecule has 1 N–H and O–H groups in total. The van der Waals surface area contributed by atoms with Gasteiger partial charge in [0, 0.05) is 29.4 Å². The first kappa shape index (κ1) is 14.4. The van der Waals surface area contributed by atoms with Gasteiger partial charge in [-0.05, 0) is 37.6 Å². The van der Waals surface area contributed by atoms with E-state index in [2.05, 4.69) is 54.4 Å². The van der Waals surface area contributed by atoms with Crippen LogP contribution in [0.4, 0.5) is 11.4 Å². The van der Waals surface area contributed by atoms with Crippen LogP contribution >= 0.6 is 11.3 Å². The van der Waals surface area contributed by atoms with E-state index in [4.69, 9.17) is 4.74 Å². The number of anilines is 2. The summed E-state index contributed by atoms with van der Waals surface area (Å²) in [6.45, 7) is 8.82. The minimum Gasteiger partial charge on any atom is -0.379 e. The van der Waals surface area contributed by atoms with E-state index in [9.17, 15) is 0 Å². The summed E-state index contributed by atoms with van der Waals surface area (Å²) in [7, 11) is 0. The van der Waals surface area contributed by atoms with E-state index in [0.29, 0.717) is 0 Å². The largest absolute Gasteiger partial charge is 0.379 e. The minimum absolute atomic E-state index is 0.817. The molecule has 0 unspecified atom stereocenters. The molecule has 4 heteroatoms. The van der Waals surface area contributed by atoms with E-state index in [1.54, 1.807) is 0 Å². The molecular formula is C17H22N2OS. The SMILES string of the molecule is Cc1cc(CNc2ccccc2N2CCOCC2)c(C)s1. The average molecular weight is 302 g/mol. The zero-order valence-electron chi connectivity index (χ0n) is 12.7. The molecule has 21 heavy (non-hydrogen) atoms. The van der Waals surface area contributed by atoms with Crippen molar-refractivity contribution in [3.8, 4) is 0 Å². The van der Waals surface area contributed by atoms with E-state index in [1.165, 1.54) is 26.7 Å². The second-order valence-corrected chi connectivity index (χ2v) is 6.87. The van der Waals surface area contributed by atoms with Gasteiger partial charge in [-0.2, -0.15) is 0 Å². The molecule has 0 aliphatic carbocycles. The number of hydrogen-bond donors (Lipinski definition) is 1. The molecule has 0 amide bonds. The van der Waals surface area contributed by atoms with Gasteiger partial charge in [-0.15, -0.1) is 11.3 Å². The van der Waals surface area contributed by atoms with Gasteiger partial charge >= 0.3 is 0 Å². The fourth-order valence-electron chi connectivity index (χ4n) is 2.75. The number of para-hydroxylation sites is 2. The second kappa shape index (κ2) is 6.50. The topological polar surface area (TPSA) is 24.5 Å². The third-order valence-electron chi connectivity index (χ3n) is 3.87. The van der Waals surface area contributed by atoms with Gasteiger partial charge in [0.05, 0.1) is 24.6 Å². The normalized spacial score (nSPS) is 15.2. The van der Waals surface area contributed by atoms with Crippen molar-refractivity contribution >= 4 is 22.7 Å². The predicted molar refractivity (Wildman–Crippen MR) is 90.6 cm³/mol. The Kier molecular flexibility index (Phi) is 4.46. The third-order valence-corrected chi connectivity index (χ3v) is 4.88. The predicted octanol–water partition coefficient (Wildman–Crippen LogP) is 3.81. The average Bonchev–Trinajstić information content (AvgIpc) is 2.84. The zero-order chi connectivity index (χ0) is 14.7. The van der Waals surface area contributed by atoms with Gasteiger partial charge in [-0.1, -0.05) is 12.1 Å². The van der Waals surface area contributed by atoms with Crippen molar-refractivity contribution < 1.29 is 4.74 Å². The lowest BCUT2D eigenvalue weighted by atomic mass is 10.2. The molecule has 1 aromatic carbocycles. The lowest BCUT2D eigenvalue weighted by Crippen LogP contribution is -2.36. The number of rotatable bonds is 4. The summed E-state index contributed by atoms with van der Waals surface area (Å²) in [6.07, 6.45) is 0. The summed E-state index contributed by atoms with van der Waals surface area (Å²) in [5.74, 6) is 0. The maximum atomic E-state index is 5.45. The Balaban J connectivity index is 1.74. The fourth-order valence-corrected chi connectivity index (χ4v) is 3.70. The number of morpholine rings is 1. The number of aryl methyl sites for hydroxylation is 2. The van der Waals surface area contributed by atoms with Crippen molar-refractivity contribution in [2.45, 2.75) is 20.4 Å². The number of nitrogens with zero attached hydrogens (tertiary/aromatic N) is 1. The monoisotopic (exact) mass is 302 g/mol. The van der Waals surface area contributed by atoms with E-state index < -0.39 is 0 Å². The molecule has 1 aliphatic heterocycles. The van der Waals surface area contributed by atoms with Crippen LogP contribution in [0.1, 0.15) is 15.3 Å². The summed E-state index contributed by atoms with van der Waals surface area (Å²) in [6, 6.07) is 10.8. The van der Waals surface area contributed by atoms with Crippen molar-refractivity contribution in [3.05, 3.63) is 45.6 Å². The van der Waals surface area contributed by atoms with Crippen LogP contribution in [0.5, 0.6) is 0 Å². The molecule has 0 atom stereocenters. The molecule has 2 heterocycles. The van der Waals surface area contributed by atoms with E-state index in [0.717, 1.165) is 32.8 Å². The first-order valence-electron chi connectivity index (χ1n) is 7.45. The molecule has 1 saturated heterocycles. The highest BCUT2D eigenvalue weighted by Gasteiger charge is 2.14. The molecule has 3 nitrogen and oxygen atoms in total. The summed E-state index contributed by atoms with van der Waals surface area (Å²) in [5.41, 5.74) is 3.89. The van der Waals surface area contributed by atoms with Crippen molar-refractivity contribution in [3.63, 3.8) is 0 Å². The highest BCUT2D eigenvalue weighted by Crippen LogP contribution is 2.28. The fraction of sp³-hybridized carbons (Fsp3) is 0.412. The van der Waals surface area contributed by atoms with Gasteiger partial charge in [-0.25, -0.2) is 0 Å². The summed E-state index contributed by atoms with van der Waals surface area (Å²) in [4.78, 5) is 5.19. The molecule has 112 valence electrons.